The van der Waals surface area contributed by atoms with Crippen molar-refractivity contribution in [2.45, 2.75) is 26.2 Å². The van der Waals surface area contributed by atoms with Gasteiger partial charge in [-0.2, -0.15) is 13.3 Å². The molecule has 2 aliphatic rings. The van der Waals surface area contributed by atoms with Gasteiger partial charge in [-0.1, -0.05) is 121 Å². The van der Waals surface area contributed by atoms with Crippen LogP contribution in [0.15, 0.2) is 146 Å². The maximum Gasteiger partial charge on any atom is 2.00 e. The maximum absolute atomic E-state index is 2.21. The van der Waals surface area contributed by atoms with Gasteiger partial charge in [0.1, 0.15) is 0 Å². The van der Waals surface area contributed by atoms with E-state index in [0.29, 0.717) is 0 Å². The van der Waals surface area contributed by atoms with Crippen LogP contribution in [0.5, 0.6) is 0 Å². The zero-order valence-corrected chi connectivity index (χ0v) is 22.9. The van der Waals surface area contributed by atoms with E-state index in [9.17, 15) is 0 Å². The molecule has 5 heteroatoms. The minimum Gasteiger partial charge on any atom is -0.505 e. The van der Waals surface area contributed by atoms with Crippen LogP contribution in [-0.4, -0.2) is 19.6 Å². The fourth-order valence-electron chi connectivity index (χ4n) is 4.43. The maximum atomic E-state index is 2.21. The van der Waals surface area contributed by atoms with Gasteiger partial charge in [0.15, 0.2) is 0 Å². The second-order valence-electron chi connectivity index (χ2n) is 9.46. The molecule has 0 fully saturated rings. The predicted octanol–water partition coefficient (Wildman–Crippen LogP) is 7.19. The van der Waals surface area contributed by atoms with Gasteiger partial charge in [0, 0.05) is 26.2 Å². The molecule has 6 rings (SSSR count). The second-order valence-corrected chi connectivity index (χ2v) is 9.46. The third kappa shape index (κ3) is 9.09. The number of rotatable bonds is 8. The minimum absolute atomic E-state index is 0. The Kier molecular flexibility index (Phi) is 10.7. The van der Waals surface area contributed by atoms with E-state index in [-0.39, 0.29) is 16.5 Å². The molecule has 200 valence electrons. The Morgan fingerprint density at radius 1 is 0.333 bits per heavy atom. The fourth-order valence-corrected chi connectivity index (χ4v) is 4.43. The molecule has 0 saturated carbocycles. The molecular formula is C34H34N4Ni. The summed E-state index contributed by atoms with van der Waals surface area (Å²) in [6, 6.07) is 42.1. The van der Waals surface area contributed by atoms with Gasteiger partial charge in [-0.25, -0.2) is 0 Å². The van der Waals surface area contributed by atoms with Crippen molar-refractivity contribution in [3.8, 4) is 0 Å². The first-order chi connectivity index (χ1) is 18.8. The van der Waals surface area contributed by atoms with E-state index in [1.165, 1.54) is 22.3 Å². The smallest absolute Gasteiger partial charge is 0.505 e. The largest absolute Gasteiger partial charge is 2.00 e. The molecule has 2 aliphatic heterocycles. The second kappa shape index (κ2) is 14.9. The molecule has 0 N–H and O–H groups in total. The SMILES string of the molecule is C1=CN(Cc2ccccc2)[CH-]N1Cc1ccccc1.C1=CN(Cc2ccccc2)[CH-]N1Cc1ccccc1.[Ni+2]. The molecule has 0 atom stereocenters. The number of benzene rings is 4. The van der Waals surface area contributed by atoms with Gasteiger partial charge >= 0.3 is 16.5 Å². The summed E-state index contributed by atoms with van der Waals surface area (Å²) in [4.78, 5) is 8.83. The van der Waals surface area contributed by atoms with Gasteiger partial charge in [-0.3, -0.25) is 0 Å². The van der Waals surface area contributed by atoms with Crippen molar-refractivity contribution in [3.05, 3.63) is 182 Å². The Morgan fingerprint density at radius 3 is 0.744 bits per heavy atom. The summed E-state index contributed by atoms with van der Waals surface area (Å²) in [6.07, 6.45) is 8.48. The average Bonchev–Trinajstić information content (AvgIpc) is 3.60. The van der Waals surface area contributed by atoms with Gasteiger partial charge in [-0.05, 0) is 47.1 Å². The molecule has 2 heterocycles. The van der Waals surface area contributed by atoms with Gasteiger partial charge < -0.3 is 19.6 Å². The van der Waals surface area contributed by atoms with Crippen LogP contribution >= 0.6 is 0 Å². The van der Waals surface area contributed by atoms with Crippen LogP contribution in [0.25, 0.3) is 0 Å². The Labute approximate surface area is 243 Å². The quantitative estimate of drug-likeness (QED) is 0.168. The average molecular weight is 557 g/mol. The predicted molar refractivity (Wildman–Crippen MR) is 155 cm³/mol. The molecular weight excluding hydrogens is 523 g/mol. The summed E-state index contributed by atoms with van der Waals surface area (Å²) in [5, 5.41) is 0. The standard InChI is InChI=1S/2C17H17N2.Ni/c2*1-3-7-16(8-4-1)13-18-11-12-19(15-18)14-17-9-5-2-6-10-17;/h2*1-12,15H,13-14H2;/q2*-1;+2. The van der Waals surface area contributed by atoms with Crippen LogP contribution in [0.2, 0.25) is 0 Å². The van der Waals surface area contributed by atoms with Crippen LogP contribution in [0, 0.1) is 13.3 Å². The molecule has 0 spiro atoms. The van der Waals surface area contributed by atoms with Crippen LogP contribution in [0.1, 0.15) is 22.3 Å². The third-order valence-corrected chi connectivity index (χ3v) is 6.32. The van der Waals surface area contributed by atoms with E-state index in [1.54, 1.807) is 0 Å². The first-order valence-electron chi connectivity index (χ1n) is 13.1. The van der Waals surface area contributed by atoms with E-state index in [1.807, 2.05) is 0 Å². The van der Waals surface area contributed by atoms with E-state index >= 15 is 0 Å². The third-order valence-electron chi connectivity index (χ3n) is 6.32. The molecule has 0 bridgehead atoms. The monoisotopic (exact) mass is 556 g/mol. The first-order valence-corrected chi connectivity index (χ1v) is 13.1. The number of hydrogen-bond acceptors (Lipinski definition) is 4. The van der Waals surface area contributed by atoms with Crippen molar-refractivity contribution in [2.75, 3.05) is 0 Å². The van der Waals surface area contributed by atoms with Crippen molar-refractivity contribution in [1.82, 2.24) is 19.6 Å². The fraction of sp³-hybridized carbons (Fsp3) is 0.118. The van der Waals surface area contributed by atoms with Crippen molar-refractivity contribution in [2.24, 2.45) is 0 Å². The summed E-state index contributed by atoms with van der Waals surface area (Å²) in [6.45, 7) is 7.98. The van der Waals surface area contributed by atoms with Crippen molar-refractivity contribution >= 4 is 0 Å². The molecule has 4 nitrogen and oxygen atoms in total. The molecule has 0 unspecified atom stereocenters. The summed E-state index contributed by atoms with van der Waals surface area (Å²) in [5.41, 5.74) is 5.30. The van der Waals surface area contributed by atoms with E-state index in [2.05, 4.69) is 179 Å². The van der Waals surface area contributed by atoms with E-state index in [4.69, 9.17) is 0 Å². The Morgan fingerprint density at radius 2 is 0.538 bits per heavy atom. The molecule has 0 aromatic heterocycles. The van der Waals surface area contributed by atoms with Gasteiger partial charge in [0.25, 0.3) is 0 Å². The molecule has 0 aliphatic carbocycles. The molecule has 0 saturated heterocycles. The molecule has 4 aromatic rings. The van der Waals surface area contributed by atoms with E-state index in [0.717, 1.165) is 26.2 Å². The van der Waals surface area contributed by atoms with Gasteiger partial charge in [-0.15, -0.1) is 0 Å². The van der Waals surface area contributed by atoms with Gasteiger partial charge in [0.05, 0.1) is 0 Å². The Bertz CT molecular complexity index is 1080. The van der Waals surface area contributed by atoms with Crippen LogP contribution in [0.4, 0.5) is 0 Å². The minimum atomic E-state index is 0. The Hall–Kier alpha value is -3.95. The topological polar surface area (TPSA) is 13.0 Å². The van der Waals surface area contributed by atoms with Crippen molar-refractivity contribution < 1.29 is 16.5 Å². The zero-order chi connectivity index (χ0) is 25.8. The Balaban J connectivity index is 0.000000176. The van der Waals surface area contributed by atoms with Gasteiger partial charge in [0.2, 0.25) is 0 Å². The summed E-state index contributed by atoms with van der Waals surface area (Å²) < 4.78 is 0. The zero-order valence-electron chi connectivity index (χ0n) is 21.9. The van der Waals surface area contributed by atoms with Crippen LogP contribution < -0.4 is 0 Å². The van der Waals surface area contributed by atoms with Crippen LogP contribution in [-0.2, 0) is 42.7 Å². The molecule has 39 heavy (non-hydrogen) atoms. The summed E-state index contributed by atoms with van der Waals surface area (Å²) in [5.74, 6) is 0. The van der Waals surface area contributed by atoms with Crippen molar-refractivity contribution in [1.29, 1.82) is 0 Å². The first kappa shape index (κ1) is 28.1. The number of hydrogen-bond donors (Lipinski definition) is 0. The summed E-state index contributed by atoms with van der Waals surface area (Å²) >= 11 is 0. The summed E-state index contributed by atoms with van der Waals surface area (Å²) in [7, 11) is 0. The normalized spacial score (nSPS) is 13.7. The van der Waals surface area contributed by atoms with Crippen LogP contribution in [0.3, 0.4) is 0 Å². The molecule has 0 amide bonds. The van der Waals surface area contributed by atoms with Crippen molar-refractivity contribution in [3.63, 3.8) is 0 Å². The van der Waals surface area contributed by atoms with E-state index < -0.39 is 0 Å². The molecule has 4 aromatic carbocycles. The molecule has 0 radical (unpaired) electrons. The number of nitrogens with zero attached hydrogens (tertiary/aromatic N) is 4.